The number of nitrogens with zero attached hydrogens (tertiary/aromatic N) is 5. The zero-order chi connectivity index (χ0) is 32.2. The summed E-state index contributed by atoms with van der Waals surface area (Å²) in [6.45, 7) is 4.03. The van der Waals surface area contributed by atoms with Crippen molar-refractivity contribution in [2.24, 2.45) is 0 Å². The molecule has 0 aliphatic carbocycles. The van der Waals surface area contributed by atoms with E-state index in [9.17, 15) is 19.0 Å². The van der Waals surface area contributed by atoms with E-state index < -0.39 is 28.2 Å². The number of alkyl halides is 2. The van der Waals surface area contributed by atoms with Crippen LogP contribution in [0, 0.1) is 11.6 Å². The van der Waals surface area contributed by atoms with E-state index in [1.807, 2.05) is 11.8 Å². The normalized spacial score (nSPS) is 25.1. The second kappa shape index (κ2) is 12.0. The van der Waals surface area contributed by atoms with E-state index in [2.05, 4.69) is 14.9 Å². The van der Waals surface area contributed by atoms with Gasteiger partial charge in [-0.2, -0.15) is 9.97 Å². The summed E-state index contributed by atoms with van der Waals surface area (Å²) in [6, 6.07) is 5.75. The quantitative estimate of drug-likeness (QED) is 0.214. The molecule has 8 nitrogen and oxygen atoms in total. The number of aromatic hydroxyl groups is 1. The Kier molecular flexibility index (Phi) is 8.13. The van der Waals surface area contributed by atoms with Gasteiger partial charge in [0.05, 0.1) is 15.8 Å². The molecule has 0 radical (unpaired) electrons. The van der Waals surface area contributed by atoms with Crippen molar-refractivity contribution in [1.29, 1.82) is 0 Å². The predicted octanol–water partition coefficient (Wildman–Crippen LogP) is 6.31. The van der Waals surface area contributed by atoms with Crippen molar-refractivity contribution in [3.05, 3.63) is 47.7 Å². The lowest BCUT2D eigenvalue weighted by atomic mass is 9.93. The summed E-state index contributed by atoms with van der Waals surface area (Å²) in [7, 11) is 0. The van der Waals surface area contributed by atoms with Crippen molar-refractivity contribution < 1.29 is 28.1 Å². The molecule has 7 rings (SSSR count). The molecular weight excluding hydrogens is 619 g/mol. The highest BCUT2D eigenvalue weighted by Crippen LogP contribution is 2.42. The summed E-state index contributed by atoms with van der Waals surface area (Å²) in [6.07, 6.45) is 4.82. The van der Waals surface area contributed by atoms with Gasteiger partial charge in [0.1, 0.15) is 41.4 Å². The highest BCUT2D eigenvalue weighted by molar-refractivity contribution is 6.24. The van der Waals surface area contributed by atoms with Crippen LogP contribution in [0.5, 0.6) is 11.8 Å². The maximum absolute atomic E-state index is 16.8. The van der Waals surface area contributed by atoms with Crippen LogP contribution < -0.4 is 9.64 Å². The first-order valence-electron chi connectivity index (χ1n) is 16.0. The van der Waals surface area contributed by atoms with Gasteiger partial charge in [0, 0.05) is 44.4 Å². The highest BCUT2D eigenvalue weighted by Gasteiger charge is 2.49. The maximum atomic E-state index is 16.8. The molecule has 0 spiro atoms. The number of aromatic nitrogens is 3. The van der Waals surface area contributed by atoms with Crippen LogP contribution in [0.4, 0.5) is 19.0 Å². The predicted molar refractivity (Wildman–Crippen MR) is 172 cm³/mol. The molecule has 244 valence electrons. The minimum Gasteiger partial charge on any atom is -0.508 e. The van der Waals surface area contributed by atoms with Gasteiger partial charge in [-0.25, -0.2) is 13.2 Å². The molecule has 46 heavy (non-hydrogen) atoms. The van der Waals surface area contributed by atoms with Gasteiger partial charge in [-0.15, -0.1) is 11.6 Å². The third-order valence-corrected chi connectivity index (χ3v) is 10.5. The minimum atomic E-state index is -0.935. The van der Waals surface area contributed by atoms with Crippen LogP contribution in [-0.2, 0) is 6.42 Å². The zero-order valence-corrected chi connectivity index (χ0v) is 26.5. The van der Waals surface area contributed by atoms with E-state index in [0.717, 1.165) is 25.8 Å². The lowest BCUT2D eigenvalue weighted by molar-refractivity contribution is 0.107. The lowest BCUT2D eigenvalue weighted by Gasteiger charge is -2.39. The number of anilines is 1. The molecule has 0 amide bonds. The fourth-order valence-electron chi connectivity index (χ4n) is 7.87. The molecule has 1 unspecified atom stereocenters. The molecule has 2 N–H and O–H groups in total. The third-order valence-electron chi connectivity index (χ3n) is 10.0. The van der Waals surface area contributed by atoms with Gasteiger partial charge in [-0.3, -0.25) is 9.88 Å². The minimum absolute atomic E-state index is 0.0422. The van der Waals surface area contributed by atoms with Crippen molar-refractivity contribution in [2.45, 2.75) is 68.5 Å². The fraction of sp³-hybridized carbons (Fsp3) is 0.500. The van der Waals surface area contributed by atoms with E-state index in [1.165, 1.54) is 24.4 Å². The average molecular weight is 656 g/mol. The van der Waals surface area contributed by atoms with E-state index in [-0.39, 0.29) is 41.7 Å². The average Bonchev–Trinajstić information content (AvgIpc) is 3.55. The molecule has 3 atom stereocenters. The number of aliphatic hydroxyl groups is 1. The Morgan fingerprint density at radius 2 is 1.96 bits per heavy atom. The van der Waals surface area contributed by atoms with Gasteiger partial charge in [0.15, 0.2) is 5.82 Å². The van der Waals surface area contributed by atoms with E-state index in [0.29, 0.717) is 72.9 Å². The number of rotatable bonds is 8. The number of aliphatic hydroxyl groups excluding tert-OH is 1. The molecule has 3 fully saturated rings. The van der Waals surface area contributed by atoms with Crippen molar-refractivity contribution in [2.75, 3.05) is 44.3 Å². The summed E-state index contributed by atoms with van der Waals surface area (Å²) in [5, 5.41) is 21.6. The Balaban J connectivity index is 1.37. The van der Waals surface area contributed by atoms with Gasteiger partial charge >= 0.3 is 6.01 Å². The third kappa shape index (κ3) is 5.40. The van der Waals surface area contributed by atoms with Crippen LogP contribution in [0.25, 0.3) is 32.9 Å². The lowest BCUT2D eigenvalue weighted by Crippen LogP contribution is -2.45. The molecule has 2 aromatic carbocycles. The molecule has 3 aliphatic heterocycles. The molecule has 2 aromatic heterocycles. The largest absolute Gasteiger partial charge is 0.508 e. The highest BCUT2D eigenvalue weighted by atomic mass is 35.5. The number of fused-ring (bicyclic) bond motifs is 3. The molecule has 4 aromatic rings. The van der Waals surface area contributed by atoms with Crippen LogP contribution in [-0.4, -0.2) is 86.0 Å². The van der Waals surface area contributed by atoms with Crippen molar-refractivity contribution in [3.8, 4) is 23.0 Å². The number of halogens is 4. The Hall–Kier alpha value is -3.41. The Morgan fingerprint density at radius 3 is 2.76 bits per heavy atom. The number of aryl methyl sites for hydroxylation is 1. The number of phenolic OH excluding ortho intramolecular Hbond substituents is 1. The van der Waals surface area contributed by atoms with Crippen molar-refractivity contribution in [3.63, 3.8) is 0 Å². The summed E-state index contributed by atoms with van der Waals surface area (Å²) >= 11 is 6.92. The number of benzene rings is 2. The Bertz CT molecular complexity index is 1810. The SMILES string of the molecule is CCc1c(F)ccc2cc(O)cc(-c3ncc4c(N5CCCC(Cl)(CCO)C5)nc(OC[C@@]56CCCN5C[C@H](F)C6)nc4c3F)c12. The number of hydrogen-bond acceptors (Lipinski definition) is 8. The second-order valence-corrected chi connectivity index (χ2v) is 13.8. The molecule has 12 heteroatoms. The summed E-state index contributed by atoms with van der Waals surface area (Å²) in [4.78, 5) is 17.2. The van der Waals surface area contributed by atoms with Gasteiger partial charge in [0.2, 0.25) is 0 Å². The number of pyridine rings is 1. The number of ether oxygens (including phenoxy) is 1. The van der Waals surface area contributed by atoms with Gasteiger partial charge in [0.25, 0.3) is 0 Å². The van der Waals surface area contributed by atoms with E-state index in [1.54, 1.807) is 6.07 Å². The van der Waals surface area contributed by atoms with Crippen LogP contribution >= 0.6 is 11.6 Å². The van der Waals surface area contributed by atoms with Gasteiger partial charge < -0.3 is 19.8 Å². The van der Waals surface area contributed by atoms with Crippen LogP contribution in [0.1, 0.15) is 51.0 Å². The van der Waals surface area contributed by atoms with Crippen molar-refractivity contribution in [1.82, 2.24) is 19.9 Å². The zero-order valence-electron chi connectivity index (χ0n) is 25.7. The molecule has 0 bridgehead atoms. The van der Waals surface area contributed by atoms with Gasteiger partial charge in [-0.05, 0) is 79.6 Å². The number of piperidine rings is 1. The monoisotopic (exact) mass is 655 g/mol. The molecular formula is C34H37ClF3N5O3. The number of phenols is 1. The molecule has 5 heterocycles. The maximum Gasteiger partial charge on any atom is 0.319 e. The van der Waals surface area contributed by atoms with Gasteiger partial charge in [-0.1, -0.05) is 13.0 Å². The molecule has 0 saturated carbocycles. The summed E-state index contributed by atoms with van der Waals surface area (Å²) in [5.74, 6) is -0.899. The van der Waals surface area contributed by atoms with Crippen LogP contribution in [0.3, 0.4) is 0 Å². The molecule has 3 saturated heterocycles. The smallest absolute Gasteiger partial charge is 0.319 e. The second-order valence-electron chi connectivity index (χ2n) is 13.0. The van der Waals surface area contributed by atoms with E-state index in [4.69, 9.17) is 21.3 Å². The fourth-order valence-corrected chi connectivity index (χ4v) is 8.23. The topological polar surface area (TPSA) is 94.8 Å². The first-order valence-corrected chi connectivity index (χ1v) is 16.4. The van der Waals surface area contributed by atoms with E-state index >= 15 is 4.39 Å². The summed E-state index contributed by atoms with van der Waals surface area (Å²) < 4.78 is 52.5. The van der Waals surface area contributed by atoms with Crippen LogP contribution in [0.2, 0.25) is 0 Å². The Labute approximate surface area is 270 Å². The van der Waals surface area contributed by atoms with Crippen molar-refractivity contribution >= 4 is 39.1 Å². The first kappa shape index (κ1) is 31.2. The Morgan fingerprint density at radius 1 is 1.13 bits per heavy atom. The standard InChI is InChI=1S/C34H37ClF3N5O3/c1-2-23-26(37)6-5-20-13-22(45)14-24(27(20)23)29-28(38)30-25(16-39-29)31(42-10-3-7-33(35,18-42)9-12-44)41-32(40-30)46-19-34-8-4-11-43(34)17-21(36)15-34/h5-6,13-14,16,21,44-45H,2-4,7-12,15,17-19H2,1H3/t21-,33?,34+/m1/s1. The number of hydrogen-bond donors (Lipinski definition) is 2. The first-order chi connectivity index (χ1) is 22.1. The molecule has 3 aliphatic rings. The summed E-state index contributed by atoms with van der Waals surface area (Å²) in [5.41, 5.74) is 0.0406. The van der Waals surface area contributed by atoms with Crippen LogP contribution in [0.15, 0.2) is 30.5 Å².